The van der Waals surface area contributed by atoms with Gasteiger partial charge in [0.25, 0.3) is 0 Å². The van der Waals surface area contributed by atoms with Crippen molar-refractivity contribution in [2.45, 2.75) is 62.3 Å². The Labute approximate surface area is 97.8 Å². The van der Waals surface area contributed by atoms with E-state index in [-0.39, 0.29) is 0 Å². The topological polar surface area (TPSA) is 0 Å². The fraction of sp³-hybridized carbons (Fsp3) is 1.00. The second-order valence-electron chi connectivity index (χ2n) is 6.98. The minimum atomic E-state index is 0.435. The second kappa shape index (κ2) is 5.37. The van der Waals surface area contributed by atoms with Crippen LogP contribution in [0.2, 0.25) is 0 Å². The van der Waals surface area contributed by atoms with Gasteiger partial charge in [-0.2, -0.15) is 0 Å². The Morgan fingerprint density at radius 2 is 1.00 bits per heavy atom. The molecule has 0 aromatic heterocycles. The van der Waals surface area contributed by atoms with Crippen LogP contribution in [0.5, 0.6) is 0 Å². The van der Waals surface area contributed by atoms with Crippen molar-refractivity contribution in [2.24, 2.45) is 35.0 Å². The van der Waals surface area contributed by atoms with Crippen molar-refractivity contribution in [1.29, 1.82) is 0 Å². The van der Waals surface area contributed by atoms with Crippen LogP contribution in [0.3, 0.4) is 0 Å². The lowest BCUT2D eigenvalue weighted by Crippen LogP contribution is -2.31. The van der Waals surface area contributed by atoms with Crippen molar-refractivity contribution in [1.82, 2.24) is 0 Å². The normalized spacial score (nSPS) is 21.2. The van der Waals surface area contributed by atoms with E-state index in [4.69, 9.17) is 0 Å². The Kier molecular flexibility index (Phi) is 5.37. The molecule has 0 nitrogen and oxygen atoms in total. The van der Waals surface area contributed by atoms with Gasteiger partial charge in [-0.1, -0.05) is 62.3 Å². The fourth-order valence-electron chi connectivity index (χ4n) is 2.33. The summed E-state index contributed by atoms with van der Waals surface area (Å²) in [5, 5.41) is 0. The Morgan fingerprint density at radius 3 is 1.27 bits per heavy atom. The maximum atomic E-state index is 2.43. The van der Waals surface area contributed by atoms with Crippen LogP contribution in [0.25, 0.3) is 0 Å². The van der Waals surface area contributed by atoms with E-state index in [1.54, 1.807) is 0 Å². The molecule has 0 saturated heterocycles. The summed E-state index contributed by atoms with van der Waals surface area (Å²) in [5.74, 6) is 4.04. The van der Waals surface area contributed by atoms with Gasteiger partial charge in [-0.15, -0.1) is 0 Å². The van der Waals surface area contributed by atoms with Crippen LogP contribution < -0.4 is 0 Å². The Bertz CT molecular complexity index is 173. The summed E-state index contributed by atoms with van der Waals surface area (Å²) < 4.78 is 0. The zero-order valence-electron chi connectivity index (χ0n) is 12.4. The minimum absolute atomic E-state index is 0.435. The monoisotopic (exact) mass is 212 g/mol. The smallest absolute Gasteiger partial charge is 0.0354 e. The molecule has 0 rings (SSSR count). The first kappa shape index (κ1) is 15.0. The first-order valence-corrected chi connectivity index (χ1v) is 6.59. The van der Waals surface area contributed by atoms with Gasteiger partial charge in [0.15, 0.2) is 0 Å². The van der Waals surface area contributed by atoms with Crippen LogP contribution >= 0.6 is 0 Å². The summed E-state index contributed by atoms with van der Waals surface area (Å²) >= 11 is 0. The van der Waals surface area contributed by atoms with Crippen molar-refractivity contribution in [3.8, 4) is 0 Å². The molecule has 0 N–H and O–H groups in total. The van der Waals surface area contributed by atoms with E-state index in [1.165, 1.54) is 0 Å². The lowest BCUT2D eigenvalue weighted by molar-refractivity contribution is 0.104. The minimum Gasteiger partial charge on any atom is -0.0625 e. The van der Waals surface area contributed by atoms with E-state index in [9.17, 15) is 0 Å². The third-order valence-corrected chi connectivity index (χ3v) is 4.86. The molecule has 92 valence electrons. The summed E-state index contributed by atoms with van der Waals surface area (Å²) in [6.45, 7) is 21.4. The highest BCUT2D eigenvalue weighted by Gasteiger charge is 2.31. The van der Waals surface area contributed by atoms with Gasteiger partial charge in [-0.3, -0.25) is 0 Å². The maximum Gasteiger partial charge on any atom is -0.0354 e. The fourth-order valence-corrected chi connectivity index (χ4v) is 2.33. The van der Waals surface area contributed by atoms with Crippen LogP contribution in [0.1, 0.15) is 62.3 Å². The van der Waals surface area contributed by atoms with Crippen LogP contribution in [0, 0.1) is 35.0 Å². The Hall–Kier alpha value is 0. The zero-order chi connectivity index (χ0) is 12.4. The summed E-state index contributed by atoms with van der Waals surface area (Å²) in [7, 11) is 0. The second-order valence-corrected chi connectivity index (χ2v) is 6.98. The average Bonchev–Trinajstić information content (AvgIpc) is 2.11. The van der Waals surface area contributed by atoms with Crippen molar-refractivity contribution in [3.63, 3.8) is 0 Å². The van der Waals surface area contributed by atoms with Crippen LogP contribution in [0.15, 0.2) is 0 Å². The molecule has 15 heavy (non-hydrogen) atoms. The molecular weight excluding hydrogens is 180 g/mol. The van der Waals surface area contributed by atoms with Gasteiger partial charge in [0.05, 0.1) is 0 Å². The SMILES string of the molecule is CC(C)C(C)C(C)C(C)C(C)C(C)(C)C. The molecule has 0 aliphatic heterocycles. The third kappa shape index (κ3) is 4.17. The van der Waals surface area contributed by atoms with Crippen molar-refractivity contribution in [2.75, 3.05) is 0 Å². The Balaban J connectivity index is 4.51. The molecule has 0 bridgehead atoms. The first-order chi connectivity index (χ1) is 6.59. The molecule has 0 heterocycles. The molecule has 0 aliphatic rings. The highest BCUT2D eigenvalue weighted by molar-refractivity contribution is 4.80. The summed E-state index contributed by atoms with van der Waals surface area (Å²) in [4.78, 5) is 0. The number of rotatable bonds is 4. The van der Waals surface area contributed by atoms with Gasteiger partial charge in [0.1, 0.15) is 0 Å². The van der Waals surface area contributed by atoms with E-state index in [1.807, 2.05) is 0 Å². The highest BCUT2D eigenvalue weighted by atomic mass is 14.4. The quantitative estimate of drug-likeness (QED) is 0.598. The number of hydrogen-bond donors (Lipinski definition) is 0. The van der Waals surface area contributed by atoms with E-state index in [0.29, 0.717) is 5.41 Å². The van der Waals surface area contributed by atoms with Crippen molar-refractivity contribution >= 4 is 0 Å². The van der Waals surface area contributed by atoms with Crippen LogP contribution in [-0.4, -0.2) is 0 Å². The molecule has 0 heteroatoms. The average molecular weight is 212 g/mol. The van der Waals surface area contributed by atoms with Crippen LogP contribution in [-0.2, 0) is 0 Å². The predicted molar refractivity (Wildman–Crippen MR) is 70.9 cm³/mol. The van der Waals surface area contributed by atoms with Crippen molar-refractivity contribution in [3.05, 3.63) is 0 Å². The van der Waals surface area contributed by atoms with Gasteiger partial charge in [0.2, 0.25) is 0 Å². The van der Waals surface area contributed by atoms with Gasteiger partial charge in [-0.05, 0) is 35.0 Å². The number of hydrogen-bond acceptors (Lipinski definition) is 0. The molecule has 0 aliphatic carbocycles. The molecule has 4 atom stereocenters. The maximum absolute atomic E-state index is 2.43. The zero-order valence-corrected chi connectivity index (χ0v) is 12.4. The molecule has 0 radical (unpaired) electrons. The van der Waals surface area contributed by atoms with Crippen molar-refractivity contribution < 1.29 is 0 Å². The van der Waals surface area contributed by atoms with Gasteiger partial charge in [0, 0.05) is 0 Å². The third-order valence-electron chi connectivity index (χ3n) is 4.86. The van der Waals surface area contributed by atoms with E-state index >= 15 is 0 Å². The van der Waals surface area contributed by atoms with Gasteiger partial charge in [-0.25, -0.2) is 0 Å². The molecular formula is C15H32. The van der Waals surface area contributed by atoms with Crippen LogP contribution in [0.4, 0.5) is 0 Å². The molecule has 0 saturated carbocycles. The first-order valence-electron chi connectivity index (χ1n) is 6.59. The molecule has 0 fully saturated rings. The molecule has 0 aromatic carbocycles. The van der Waals surface area contributed by atoms with E-state index < -0.39 is 0 Å². The molecule has 0 amide bonds. The predicted octanol–water partition coefficient (Wildman–Crippen LogP) is 5.23. The largest absolute Gasteiger partial charge is 0.0625 e. The Morgan fingerprint density at radius 1 is 0.600 bits per heavy atom. The summed E-state index contributed by atoms with van der Waals surface area (Å²) in [6, 6.07) is 0. The molecule has 0 spiro atoms. The standard InChI is InChI=1S/C15H32/c1-10(2)11(3)12(4)13(5)14(6)15(7,8)9/h10-14H,1-9H3. The molecule has 4 unspecified atom stereocenters. The highest BCUT2D eigenvalue weighted by Crippen LogP contribution is 2.38. The summed E-state index contributed by atoms with van der Waals surface area (Å²) in [5.41, 5.74) is 0.435. The van der Waals surface area contributed by atoms with Gasteiger partial charge < -0.3 is 0 Å². The lowest BCUT2D eigenvalue weighted by Gasteiger charge is -2.39. The van der Waals surface area contributed by atoms with E-state index in [2.05, 4.69) is 62.3 Å². The molecule has 0 aromatic rings. The van der Waals surface area contributed by atoms with E-state index in [0.717, 1.165) is 29.6 Å². The lowest BCUT2D eigenvalue weighted by atomic mass is 9.67. The summed E-state index contributed by atoms with van der Waals surface area (Å²) in [6.07, 6.45) is 0. The van der Waals surface area contributed by atoms with Gasteiger partial charge >= 0.3 is 0 Å².